The van der Waals surface area contributed by atoms with Crippen molar-refractivity contribution < 1.29 is 0 Å². The zero-order valence-electron chi connectivity index (χ0n) is 11.4. The molecule has 0 unspecified atom stereocenters. The SMILES string of the molecule is CCc1cc(CNC2CC2)cc(N(C)C2CC2)n1. The van der Waals surface area contributed by atoms with Gasteiger partial charge in [0, 0.05) is 31.4 Å². The van der Waals surface area contributed by atoms with Gasteiger partial charge in [-0.25, -0.2) is 4.98 Å². The molecule has 2 saturated carbocycles. The van der Waals surface area contributed by atoms with E-state index in [1.807, 2.05) is 0 Å². The molecule has 1 N–H and O–H groups in total. The van der Waals surface area contributed by atoms with Crippen LogP contribution in [0, 0.1) is 0 Å². The van der Waals surface area contributed by atoms with Crippen molar-refractivity contribution in [3.63, 3.8) is 0 Å². The lowest BCUT2D eigenvalue weighted by molar-refractivity contribution is 0.685. The zero-order valence-corrected chi connectivity index (χ0v) is 11.4. The number of nitrogens with zero attached hydrogens (tertiary/aromatic N) is 2. The molecule has 0 radical (unpaired) electrons. The van der Waals surface area contributed by atoms with Crippen LogP contribution in [0.25, 0.3) is 0 Å². The molecule has 0 amide bonds. The average Bonchev–Trinajstić information content (AvgIpc) is 3.28. The number of rotatable bonds is 6. The van der Waals surface area contributed by atoms with Crippen molar-refractivity contribution in [2.24, 2.45) is 0 Å². The van der Waals surface area contributed by atoms with Gasteiger partial charge in [-0.05, 0) is 49.8 Å². The van der Waals surface area contributed by atoms with Crippen molar-refractivity contribution >= 4 is 5.82 Å². The molecule has 2 fully saturated rings. The molecule has 1 aromatic heterocycles. The summed E-state index contributed by atoms with van der Waals surface area (Å²) in [5, 5.41) is 3.59. The molecule has 98 valence electrons. The van der Waals surface area contributed by atoms with Gasteiger partial charge in [-0.2, -0.15) is 0 Å². The number of pyridine rings is 1. The molecule has 0 atom stereocenters. The largest absolute Gasteiger partial charge is 0.357 e. The third kappa shape index (κ3) is 2.83. The molecule has 3 heteroatoms. The number of aryl methyl sites for hydroxylation is 1. The summed E-state index contributed by atoms with van der Waals surface area (Å²) in [5.74, 6) is 1.16. The first-order chi connectivity index (χ1) is 8.76. The van der Waals surface area contributed by atoms with Gasteiger partial charge in [0.15, 0.2) is 0 Å². The van der Waals surface area contributed by atoms with Crippen LogP contribution in [0.15, 0.2) is 12.1 Å². The molecule has 0 spiro atoms. The summed E-state index contributed by atoms with van der Waals surface area (Å²) in [5.41, 5.74) is 2.60. The molecular formula is C15H23N3. The topological polar surface area (TPSA) is 28.2 Å². The predicted molar refractivity (Wildman–Crippen MR) is 74.9 cm³/mol. The molecule has 3 nitrogen and oxygen atoms in total. The fourth-order valence-electron chi connectivity index (χ4n) is 2.30. The van der Waals surface area contributed by atoms with Gasteiger partial charge in [-0.15, -0.1) is 0 Å². The van der Waals surface area contributed by atoms with E-state index in [4.69, 9.17) is 4.98 Å². The lowest BCUT2D eigenvalue weighted by Crippen LogP contribution is -2.22. The van der Waals surface area contributed by atoms with Crippen molar-refractivity contribution in [2.45, 2.75) is 57.7 Å². The summed E-state index contributed by atoms with van der Waals surface area (Å²) in [7, 11) is 2.18. The lowest BCUT2D eigenvalue weighted by atomic mass is 10.2. The van der Waals surface area contributed by atoms with Crippen molar-refractivity contribution in [3.8, 4) is 0 Å². The van der Waals surface area contributed by atoms with Crippen LogP contribution in [0.4, 0.5) is 5.82 Å². The first-order valence-corrected chi connectivity index (χ1v) is 7.22. The number of aromatic nitrogens is 1. The maximum atomic E-state index is 4.75. The van der Waals surface area contributed by atoms with Crippen LogP contribution >= 0.6 is 0 Å². The second-order valence-electron chi connectivity index (χ2n) is 5.68. The van der Waals surface area contributed by atoms with E-state index < -0.39 is 0 Å². The second kappa shape index (κ2) is 4.88. The first-order valence-electron chi connectivity index (χ1n) is 7.22. The van der Waals surface area contributed by atoms with Gasteiger partial charge in [0.1, 0.15) is 5.82 Å². The molecule has 0 aliphatic heterocycles. The summed E-state index contributed by atoms with van der Waals surface area (Å²) in [4.78, 5) is 7.10. The van der Waals surface area contributed by atoms with E-state index in [0.717, 1.165) is 30.9 Å². The molecule has 0 aromatic carbocycles. The predicted octanol–water partition coefficient (Wildman–Crippen LogP) is 2.49. The van der Waals surface area contributed by atoms with E-state index in [0.29, 0.717) is 0 Å². The van der Waals surface area contributed by atoms with Gasteiger partial charge < -0.3 is 10.2 Å². The fourth-order valence-corrected chi connectivity index (χ4v) is 2.30. The molecule has 0 bridgehead atoms. The van der Waals surface area contributed by atoms with Gasteiger partial charge in [0.05, 0.1) is 0 Å². The normalized spacial score (nSPS) is 19.0. The minimum Gasteiger partial charge on any atom is -0.357 e. The van der Waals surface area contributed by atoms with E-state index in [1.165, 1.54) is 36.9 Å². The van der Waals surface area contributed by atoms with Crippen molar-refractivity contribution in [2.75, 3.05) is 11.9 Å². The van der Waals surface area contributed by atoms with Crippen LogP contribution in [0.2, 0.25) is 0 Å². The summed E-state index contributed by atoms with van der Waals surface area (Å²) in [6, 6.07) is 6.01. The van der Waals surface area contributed by atoms with Crippen LogP contribution in [-0.4, -0.2) is 24.1 Å². The van der Waals surface area contributed by atoms with Gasteiger partial charge in [-0.1, -0.05) is 6.92 Å². The molecular weight excluding hydrogens is 222 g/mol. The standard InChI is InChI=1S/C15H23N3/c1-3-12-8-11(10-16-13-4-5-13)9-15(17-12)18(2)14-6-7-14/h8-9,13-14,16H,3-7,10H2,1-2H3. The Morgan fingerprint density at radius 3 is 2.67 bits per heavy atom. The smallest absolute Gasteiger partial charge is 0.129 e. The van der Waals surface area contributed by atoms with Gasteiger partial charge in [-0.3, -0.25) is 0 Å². The summed E-state index contributed by atoms with van der Waals surface area (Å²) in [6.07, 6.45) is 6.36. The molecule has 0 saturated heterocycles. The minimum absolute atomic E-state index is 0.730. The Labute approximate surface area is 110 Å². The number of hydrogen-bond acceptors (Lipinski definition) is 3. The highest BCUT2D eigenvalue weighted by atomic mass is 15.2. The fraction of sp³-hybridized carbons (Fsp3) is 0.667. The van der Waals surface area contributed by atoms with Gasteiger partial charge in [0.2, 0.25) is 0 Å². The molecule has 2 aliphatic rings. The van der Waals surface area contributed by atoms with E-state index >= 15 is 0 Å². The Balaban J connectivity index is 1.75. The maximum Gasteiger partial charge on any atom is 0.129 e. The van der Waals surface area contributed by atoms with E-state index in [1.54, 1.807) is 0 Å². The third-order valence-corrected chi connectivity index (χ3v) is 3.92. The van der Waals surface area contributed by atoms with E-state index in [9.17, 15) is 0 Å². The van der Waals surface area contributed by atoms with Crippen molar-refractivity contribution in [1.82, 2.24) is 10.3 Å². The molecule has 3 rings (SSSR count). The minimum atomic E-state index is 0.730. The average molecular weight is 245 g/mol. The number of hydrogen-bond donors (Lipinski definition) is 1. The van der Waals surface area contributed by atoms with Crippen LogP contribution in [-0.2, 0) is 13.0 Å². The Bertz CT molecular complexity index is 422. The summed E-state index contributed by atoms with van der Waals surface area (Å²) >= 11 is 0. The highest BCUT2D eigenvalue weighted by Gasteiger charge is 2.27. The second-order valence-corrected chi connectivity index (χ2v) is 5.68. The van der Waals surface area contributed by atoms with Gasteiger partial charge >= 0.3 is 0 Å². The van der Waals surface area contributed by atoms with Crippen LogP contribution < -0.4 is 10.2 Å². The third-order valence-electron chi connectivity index (χ3n) is 3.92. The Morgan fingerprint density at radius 2 is 2.06 bits per heavy atom. The summed E-state index contributed by atoms with van der Waals surface area (Å²) < 4.78 is 0. The Morgan fingerprint density at radius 1 is 1.28 bits per heavy atom. The van der Waals surface area contributed by atoms with E-state index in [-0.39, 0.29) is 0 Å². The number of anilines is 1. The number of nitrogens with one attached hydrogen (secondary N) is 1. The Kier molecular flexibility index (Phi) is 3.25. The lowest BCUT2D eigenvalue weighted by Gasteiger charge is -2.19. The maximum absolute atomic E-state index is 4.75. The molecule has 1 heterocycles. The first kappa shape index (κ1) is 12.0. The van der Waals surface area contributed by atoms with Crippen LogP contribution in [0.3, 0.4) is 0 Å². The Hall–Kier alpha value is -1.09. The van der Waals surface area contributed by atoms with Crippen molar-refractivity contribution in [1.29, 1.82) is 0 Å². The van der Waals surface area contributed by atoms with Crippen molar-refractivity contribution in [3.05, 3.63) is 23.4 Å². The molecule has 18 heavy (non-hydrogen) atoms. The quantitative estimate of drug-likeness (QED) is 0.834. The van der Waals surface area contributed by atoms with Crippen LogP contribution in [0.5, 0.6) is 0 Å². The zero-order chi connectivity index (χ0) is 12.5. The van der Waals surface area contributed by atoms with Crippen LogP contribution in [0.1, 0.15) is 43.9 Å². The molecule has 2 aliphatic carbocycles. The molecule has 1 aromatic rings. The highest BCUT2D eigenvalue weighted by Crippen LogP contribution is 2.30. The monoisotopic (exact) mass is 245 g/mol. The van der Waals surface area contributed by atoms with E-state index in [2.05, 4.69) is 36.3 Å². The highest BCUT2D eigenvalue weighted by molar-refractivity contribution is 5.44. The summed E-state index contributed by atoms with van der Waals surface area (Å²) in [6.45, 7) is 3.17. The van der Waals surface area contributed by atoms with Gasteiger partial charge in [0.25, 0.3) is 0 Å².